The van der Waals surface area contributed by atoms with Gasteiger partial charge in [0.15, 0.2) is 6.61 Å². The van der Waals surface area contributed by atoms with Crippen molar-refractivity contribution >= 4 is 12.0 Å². The molecule has 0 aromatic carbocycles. The lowest BCUT2D eigenvalue weighted by atomic mass is 10.0. The molecule has 92 valence electrons. The van der Waals surface area contributed by atoms with Crippen LogP contribution in [0.2, 0.25) is 0 Å². The minimum absolute atomic E-state index is 0.119. The van der Waals surface area contributed by atoms with E-state index in [-0.39, 0.29) is 12.1 Å². The van der Waals surface area contributed by atoms with Crippen LogP contribution >= 0.6 is 0 Å². The number of hydroxylamine groups is 2. The van der Waals surface area contributed by atoms with Gasteiger partial charge >= 0.3 is 12.0 Å². The van der Waals surface area contributed by atoms with Gasteiger partial charge in [-0.2, -0.15) is 5.06 Å². The van der Waals surface area contributed by atoms with Crippen LogP contribution in [-0.4, -0.2) is 52.8 Å². The van der Waals surface area contributed by atoms with E-state index in [0.717, 1.165) is 0 Å². The molecule has 1 atom stereocenters. The predicted molar refractivity (Wildman–Crippen MR) is 57.0 cm³/mol. The van der Waals surface area contributed by atoms with Crippen molar-refractivity contribution in [2.75, 3.05) is 19.7 Å². The van der Waals surface area contributed by atoms with Crippen LogP contribution < -0.4 is 0 Å². The summed E-state index contributed by atoms with van der Waals surface area (Å²) in [6.45, 7) is 0.810. The summed E-state index contributed by atoms with van der Waals surface area (Å²) in [5, 5.41) is 9.76. The topological polar surface area (TPSA) is 70.1 Å². The van der Waals surface area contributed by atoms with Crippen LogP contribution in [0.3, 0.4) is 0 Å². The van der Waals surface area contributed by atoms with Crippen LogP contribution in [0.4, 0.5) is 4.79 Å². The zero-order valence-electron chi connectivity index (χ0n) is 9.33. The van der Waals surface area contributed by atoms with Crippen LogP contribution in [0, 0.1) is 5.92 Å². The second-order valence-electron chi connectivity index (χ2n) is 4.74. The van der Waals surface area contributed by atoms with Crippen molar-refractivity contribution in [1.29, 1.82) is 0 Å². The maximum Gasteiger partial charge on any atom is 0.344 e. The van der Waals surface area contributed by atoms with Gasteiger partial charge in [-0.3, -0.25) is 4.84 Å². The van der Waals surface area contributed by atoms with Crippen LogP contribution in [0.15, 0.2) is 11.6 Å². The van der Waals surface area contributed by atoms with E-state index in [0.29, 0.717) is 19.0 Å². The van der Waals surface area contributed by atoms with Gasteiger partial charge in [-0.05, 0) is 24.3 Å². The number of carboxylic acid groups (broad SMARTS) is 1. The summed E-state index contributed by atoms with van der Waals surface area (Å²) in [6.07, 6.45) is 4.48. The molecule has 2 bridgehead atoms. The smallest absolute Gasteiger partial charge is 0.344 e. The second kappa shape index (κ2) is 3.73. The molecule has 1 unspecified atom stereocenters. The van der Waals surface area contributed by atoms with Crippen LogP contribution in [0.5, 0.6) is 0 Å². The number of carboxylic acids is 1. The van der Waals surface area contributed by atoms with Gasteiger partial charge in [0.25, 0.3) is 0 Å². The molecule has 3 rings (SSSR count). The van der Waals surface area contributed by atoms with Crippen molar-refractivity contribution in [3.05, 3.63) is 11.6 Å². The molecule has 2 aliphatic heterocycles. The van der Waals surface area contributed by atoms with Crippen molar-refractivity contribution in [2.24, 2.45) is 5.92 Å². The number of urea groups is 1. The fourth-order valence-electron chi connectivity index (χ4n) is 2.43. The standard InChI is InChI=1S/C11H14N2O4/c14-10(15)6-17-13-9-3-8(7-1-2-7)4-12(5-9)11(13)16/h3,7,9H,1-2,4-6H2,(H,14,15). The molecule has 2 heterocycles. The summed E-state index contributed by atoms with van der Waals surface area (Å²) in [6, 6.07) is -0.339. The highest BCUT2D eigenvalue weighted by atomic mass is 16.7. The highest BCUT2D eigenvalue weighted by Crippen LogP contribution is 2.40. The molecule has 0 aromatic rings. The molecule has 0 radical (unpaired) electrons. The van der Waals surface area contributed by atoms with E-state index in [2.05, 4.69) is 6.08 Å². The quantitative estimate of drug-likeness (QED) is 0.722. The number of rotatable bonds is 4. The maximum atomic E-state index is 11.9. The number of hydrogen-bond acceptors (Lipinski definition) is 3. The Balaban J connectivity index is 1.72. The van der Waals surface area contributed by atoms with Gasteiger partial charge in [0.1, 0.15) is 0 Å². The lowest BCUT2D eigenvalue weighted by Crippen LogP contribution is -2.34. The summed E-state index contributed by atoms with van der Waals surface area (Å²) >= 11 is 0. The van der Waals surface area contributed by atoms with Gasteiger partial charge < -0.3 is 10.0 Å². The first-order valence-electron chi connectivity index (χ1n) is 5.78. The monoisotopic (exact) mass is 238 g/mol. The zero-order chi connectivity index (χ0) is 12.0. The van der Waals surface area contributed by atoms with Crippen molar-refractivity contribution in [3.8, 4) is 0 Å². The summed E-state index contributed by atoms with van der Waals surface area (Å²) in [4.78, 5) is 29.1. The average Bonchev–Trinajstić information content (AvgIpc) is 3.09. The van der Waals surface area contributed by atoms with Gasteiger partial charge in [0.05, 0.1) is 6.04 Å². The highest BCUT2D eigenvalue weighted by Gasteiger charge is 2.43. The Morgan fingerprint density at radius 2 is 2.29 bits per heavy atom. The SMILES string of the molecule is O=C(O)CON1C(=O)N2CC(C3CC3)=CC1C2. The number of carbonyl (C=O) groups is 2. The van der Waals surface area contributed by atoms with Gasteiger partial charge in [-0.15, -0.1) is 0 Å². The molecular weight excluding hydrogens is 224 g/mol. The molecule has 0 spiro atoms. The van der Waals surface area contributed by atoms with Crippen LogP contribution in [0.25, 0.3) is 0 Å². The van der Waals surface area contributed by atoms with E-state index >= 15 is 0 Å². The third-order valence-corrected chi connectivity index (χ3v) is 3.38. The number of aliphatic carboxylic acids is 1. The third-order valence-electron chi connectivity index (χ3n) is 3.38. The first kappa shape index (κ1) is 10.6. The Hall–Kier alpha value is -1.56. The highest BCUT2D eigenvalue weighted by molar-refractivity contribution is 5.78. The number of carbonyl (C=O) groups excluding carboxylic acids is 1. The van der Waals surface area contributed by atoms with E-state index < -0.39 is 12.6 Å². The Kier molecular flexibility index (Phi) is 2.32. The van der Waals surface area contributed by atoms with E-state index in [9.17, 15) is 9.59 Å². The van der Waals surface area contributed by atoms with Crippen LogP contribution in [-0.2, 0) is 9.63 Å². The number of fused-ring (bicyclic) bond motifs is 2. The molecular formula is C11H14N2O4. The fourth-order valence-corrected chi connectivity index (χ4v) is 2.43. The zero-order valence-corrected chi connectivity index (χ0v) is 9.33. The molecule has 17 heavy (non-hydrogen) atoms. The van der Waals surface area contributed by atoms with Crippen LogP contribution in [0.1, 0.15) is 12.8 Å². The van der Waals surface area contributed by atoms with E-state index in [1.165, 1.54) is 23.5 Å². The lowest BCUT2D eigenvalue weighted by molar-refractivity contribution is -0.164. The Morgan fingerprint density at radius 1 is 1.53 bits per heavy atom. The predicted octanol–water partition coefficient (Wildman–Crippen LogP) is 0.459. The minimum Gasteiger partial charge on any atom is -0.479 e. The molecule has 1 aliphatic carbocycles. The van der Waals surface area contributed by atoms with Gasteiger partial charge in [0, 0.05) is 13.1 Å². The van der Waals surface area contributed by atoms with Crippen molar-refractivity contribution in [1.82, 2.24) is 9.96 Å². The molecule has 3 aliphatic rings. The summed E-state index contributed by atoms with van der Waals surface area (Å²) in [7, 11) is 0. The van der Waals surface area contributed by atoms with E-state index in [1.54, 1.807) is 4.90 Å². The lowest BCUT2D eigenvalue weighted by Gasteiger charge is -2.21. The third kappa shape index (κ3) is 1.88. The van der Waals surface area contributed by atoms with Crippen molar-refractivity contribution in [3.63, 3.8) is 0 Å². The molecule has 1 saturated carbocycles. The van der Waals surface area contributed by atoms with Gasteiger partial charge in [-0.1, -0.05) is 6.08 Å². The van der Waals surface area contributed by atoms with E-state index in [4.69, 9.17) is 9.94 Å². The van der Waals surface area contributed by atoms with Gasteiger partial charge in [-0.25, -0.2) is 9.59 Å². The fraction of sp³-hybridized carbons (Fsp3) is 0.636. The molecule has 2 fully saturated rings. The van der Waals surface area contributed by atoms with E-state index in [1.807, 2.05) is 0 Å². The average molecular weight is 238 g/mol. The normalized spacial score (nSPS) is 27.4. The summed E-state index contributed by atoms with van der Waals surface area (Å²) < 4.78 is 0. The minimum atomic E-state index is -1.07. The van der Waals surface area contributed by atoms with Crippen molar-refractivity contribution < 1.29 is 19.5 Å². The molecule has 6 nitrogen and oxygen atoms in total. The Bertz CT molecular complexity index is 402. The summed E-state index contributed by atoms with van der Waals surface area (Å²) in [5.41, 5.74) is 1.30. The Labute approximate surface area is 98.4 Å². The molecule has 6 heteroatoms. The number of nitrogens with zero attached hydrogens (tertiary/aromatic N) is 2. The summed E-state index contributed by atoms with van der Waals surface area (Å²) in [5.74, 6) is -0.437. The van der Waals surface area contributed by atoms with Crippen molar-refractivity contribution in [2.45, 2.75) is 18.9 Å². The maximum absolute atomic E-state index is 11.9. The number of hydrogen-bond donors (Lipinski definition) is 1. The number of amides is 2. The molecule has 1 saturated heterocycles. The first-order valence-corrected chi connectivity index (χ1v) is 5.78. The van der Waals surface area contributed by atoms with Gasteiger partial charge in [0.2, 0.25) is 0 Å². The molecule has 2 amide bonds. The molecule has 0 aromatic heterocycles. The second-order valence-corrected chi connectivity index (χ2v) is 4.74. The molecule has 1 N–H and O–H groups in total. The first-order chi connectivity index (χ1) is 8.15. The largest absolute Gasteiger partial charge is 0.479 e. The Morgan fingerprint density at radius 3 is 2.94 bits per heavy atom.